The minimum absolute atomic E-state index is 0.753. The van der Waals surface area contributed by atoms with Crippen molar-refractivity contribution in [1.82, 2.24) is 41.1 Å². The molecule has 0 atom stereocenters. The number of aromatic nitrogens is 9. The van der Waals surface area contributed by atoms with E-state index in [1.807, 2.05) is 12.1 Å². The fourth-order valence-corrected chi connectivity index (χ4v) is 18.1. The molecule has 113 heavy (non-hydrogen) atoms. The SMILES string of the molecule is Cc1c(-n2ccc3ccccc32)c(C)c(-n2ccc3ccccc32)c(C)c1-n1ccc2ccccc21.Cc1c(-n2ccc3ccccc32)c(C)c(-n2ccc3ccccc32)c(C)c1-n1ccc2ccccc21.Nc1cc(-n2ccc3ccccc32)cc(-n2ccc3ccccc32)c1.[SiH3]c1ccc(-n2ccc3ccccc32)cc1. The van der Waals surface area contributed by atoms with Crippen molar-refractivity contribution in [2.75, 3.05) is 5.73 Å². The fourth-order valence-electron chi connectivity index (χ4n) is 17.7. The van der Waals surface area contributed by atoms with Crippen LogP contribution < -0.4 is 10.9 Å². The average molecular weight is 1480 g/mol. The smallest absolute Gasteiger partial charge is 0.0556 e. The minimum atomic E-state index is 0.753. The number of hydrogen-bond donors (Lipinski definition) is 1. The lowest BCUT2D eigenvalue weighted by atomic mass is 9.97. The highest BCUT2D eigenvalue weighted by Gasteiger charge is 2.26. The van der Waals surface area contributed by atoms with Crippen LogP contribution in [-0.2, 0) is 0 Å². The molecule has 0 unspecified atom stereocenters. The van der Waals surface area contributed by atoms with Crippen LogP contribution in [-0.4, -0.2) is 51.3 Å². The van der Waals surface area contributed by atoms with Gasteiger partial charge in [-0.15, -0.1) is 0 Å². The Hall–Kier alpha value is -14.3. The van der Waals surface area contributed by atoms with Gasteiger partial charge in [-0.25, -0.2) is 0 Å². The standard InChI is InChI=1S/2C33H27N3.C22H17N3.C14H13NSi/c2*1-22-31(34-19-16-25-10-4-7-13-28(25)34)23(2)33(36-21-18-27-12-6-9-15-30(27)36)24(3)32(22)35-20-17-26-11-5-8-14-29(26)35;23-18-13-19(24-11-9-16-5-1-3-7-21(16)24)15-20(14-18)25-12-10-17-6-2-4-8-22(17)25;16-13-7-5-12(6-8-13)15-10-9-11-3-1-2-4-14(11)15/h2*4-21H,1-3H3;1-15H,23H2;1-10H,16H3. The third-order valence-electron chi connectivity index (χ3n) is 22.9. The average Bonchev–Trinajstić information content (AvgIpc) is 1.66. The van der Waals surface area contributed by atoms with Gasteiger partial charge in [-0.3, -0.25) is 0 Å². The molecule has 0 aliphatic carbocycles. The second kappa shape index (κ2) is 28.6. The summed E-state index contributed by atoms with van der Waals surface area (Å²) in [7, 11) is 1.12. The van der Waals surface area contributed by atoms with Gasteiger partial charge in [0.15, 0.2) is 0 Å². The van der Waals surface area contributed by atoms with Crippen molar-refractivity contribution in [3.8, 4) is 51.2 Å². The summed E-state index contributed by atoms with van der Waals surface area (Å²) in [4.78, 5) is 0. The van der Waals surface area contributed by atoms with E-state index in [-0.39, 0.29) is 0 Å². The van der Waals surface area contributed by atoms with Crippen LogP contribution in [0.2, 0.25) is 0 Å². The van der Waals surface area contributed by atoms with E-state index in [0.29, 0.717) is 0 Å². The van der Waals surface area contributed by atoms with Gasteiger partial charge in [-0.1, -0.05) is 181 Å². The molecule has 0 amide bonds. The van der Waals surface area contributed by atoms with Crippen LogP contribution in [0.4, 0.5) is 5.69 Å². The molecule has 546 valence electrons. The molecular weight excluding hydrogens is 1390 g/mol. The Kier molecular flexibility index (Phi) is 17.5. The predicted molar refractivity (Wildman–Crippen MR) is 480 cm³/mol. The maximum atomic E-state index is 6.23. The van der Waals surface area contributed by atoms with Crippen LogP contribution in [0.3, 0.4) is 0 Å². The molecule has 0 aliphatic heterocycles. The molecule has 9 heterocycles. The lowest BCUT2D eigenvalue weighted by Gasteiger charge is -2.25. The van der Waals surface area contributed by atoms with Gasteiger partial charge < -0.3 is 46.8 Å². The maximum Gasteiger partial charge on any atom is 0.0556 e. The second-order valence-corrected chi connectivity index (χ2v) is 30.8. The topological polar surface area (TPSA) is 70.4 Å². The summed E-state index contributed by atoms with van der Waals surface area (Å²) in [5.41, 5.74) is 36.4. The molecular formula is C102H84N10Si. The number of anilines is 1. The molecule has 13 aromatic carbocycles. The lowest BCUT2D eigenvalue weighted by Crippen LogP contribution is -2.12. The number of fused-ring (bicyclic) bond motifs is 9. The summed E-state index contributed by atoms with van der Waals surface area (Å²) in [5.74, 6) is 0. The van der Waals surface area contributed by atoms with Crippen LogP contribution in [0.25, 0.3) is 149 Å². The molecule has 2 N–H and O–H groups in total. The monoisotopic (exact) mass is 1480 g/mol. The number of para-hydroxylation sites is 9. The molecule has 0 saturated heterocycles. The van der Waals surface area contributed by atoms with Gasteiger partial charge in [0.25, 0.3) is 0 Å². The number of rotatable bonds is 9. The first-order valence-corrected chi connectivity index (χ1v) is 39.7. The molecule has 11 heteroatoms. The predicted octanol–water partition coefficient (Wildman–Crippen LogP) is 23.7. The number of hydrogen-bond acceptors (Lipinski definition) is 1. The van der Waals surface area contributed by atoms with Crippen LogP contribution in [0, 0.1) is 41.5 Å². The molecule has 10 nitrogen and oxygen atoms in total. The maximum absolute atomic E-state index is 6.23. The first-order valence-electron chi connectivity index (χ1n) is 38.7. The molecule has 0 spiro atoms. The molecule has 9 aromatic heterocycles. The first-order chi connectivity index (χ1) is 55.4. The van der Waals surface area contributed by atoms with E-state index in [2.05, 4.69) is 442 Å². The Morgan fingerprint density at radius 1 is 0.186 bits per heavy atom. The zero-order chi connectivity index (χ0) is 76.5. The van der Waals surface area contributed by atoms with Gasteiger partial charge in [0.05, 0.1) is 83.8 Å². The molecule has 22 aromatic rings. The van der Waals surface area contributed by atoms with E-state index in [0.717, 1.165) is 27.3 Å². The third kappa shape index (κ3) is 12.1. The summed E-state index contributed by atoms with van der Waals surface area (Å²) < 4.78 is 20.8. The number of nitrogens with zero attached hydrogens (tertiary/aromatic N) is 9. The Morgan fingerprint density at radius 3 is 0.558 bits per heavy atom. The summed E-state index contributed by atoms with van der Waals surface area (Å²) in [6, 6.07) is 112. The van der Waals surface area contributed by atoms with Crippen LogP contribution >= 0.6 is 0 Å². The molecule has 0 radical (unpaired) electrons. The van der Waals surface area contributed by atoms with Gasteiger partial charge in [0.2, 0.25) is 0 Å². The van der Waals surface area contributed by atoms with E-state index in [1.165, 1.54) is 177 Å². The molecule has 0 aliphatic rings. The van der Waals surface area contributed by atoms with E-state index in [9.17, 15) is 0 Å². The normalized spacial score (nSPS) is 11.6. The number of benzene rings is 13. The Morgan fingerprint density at radius 2 is 0.354 bits per heavy atom. The molecule has 0 fully saturated rings. The molecule has 0 bridgehead atoms. The Balaban J connectivity index is 0.000000105. The van der Waals surface area contributed by atoms with E-state index in [1.54, 1.807) is 0 Å². The zero-order valence-electron chi connectivity index (χ0n) is 64.3. The molecule has 22 rings (SSSR count). The van der Waals surface area contributed by atoms with Crippen LogP contribution in [0.1, 0.15) is 33.4 Å². The largest absolute Gasteiger partial charge is 0.399 e. The van der Waals surface area contributed by atoms with E-state index < -0.39 is 0 Å². The van der Waals surface area contributed by atoms with Crippen LogP contribution in [0.15, 0.2) is 371 Å². The van der Waals surface area contributed by atoms with Gasteiger partial charge in [-0.2, -0.15) is 0 Å². The van der Waals surface area contributed by atoms with Crippen molar-refractivity contribution in [3.63, 3.8) is 0 Å². The van der Waals surface area contributed by atoms with Gasteiger partial charge in [-0.05, 0) is 263 Å². The second-order valence-electron chi connectivity index (χ2n) is 29.7. The summed E-state index contributed by atoms with van der Waals surface area (Å²) in [6.45, 7) is 13.6. The van der Waals surface area contributed by atoms with Gasteiger partial charge in [0, 0.05) is 88.8 Å². The highest BCUT2D eigenvalue weighted by Crippen LogP contribution is 2.42. The van der Waals surface area contributed by atoms with Gasteiger partial charge in [0.1, 0.15) is 0 Å². The lowest BCUT2D eigenvalue weighted by molar-refractivity contribution is 0.984. The Bertz CT molecular complexity index is 6500. The van der Waals surface area contributed by atoms with Crippen molar-refractivity contribution in [2.24, 2.45) is 0 Å². The summed E-state index contributed by atoms with van der Waals surface area (Å²) >= 11 is 0. The van der Waals surface area contributed by atoms with Crippen LogP contribution in [0.5, 0.6) is 0 Å². The van der Waals surface area contributed by atoms with E-state index >= 15 is 0 Å². The van der Waals surface area contributed by atoms with Crippen molar-refractivity contribution < 1.29 is 0 Å². The number of nitrogens with two attached hydrogens (primary N) is 1. The zero-order valence-corrected chi connectivity index (χ0v) is 66.3. The highest BCUT2D eigenvalue weighted by atomic mass is 28.1. The number of nitrogen functional groups attached to an aromatic ring is 1. The highest BCUT2D eigenvalue weighted by molar-refractivity contribution is 6.32. The summed E-state index contributed by atoms with van der Waals surface area (Å²) in [6.07, 6.45) is 19.6. The van der Waals surface area contributed by atoms with Crippen molar-refractivity contribution >= 4 is 119 Å². The van der Waals surface area contributed by atoms with Crippen molar-refractivity contribution in [1.29, 1.82) is 0 Å². The minimum Gasteiger partial charge on any atom is -0.399 e. The first kappa shape index (κ1) is 69.2. The van der Waals surface area contributed by atoms with Crippen molar-refractivity contribution in [3.05, 3.63) is 405 Å². The summed E-state index contributed by atoms with van der Waals surface area (Å²) in [5, 5.41) is 12.6. The molecule has 0 saturated carbocycles. The van der Waals surface area contributed by atoms with E-state index in [4.69, 9.17) is 5.73 Å². The Labute approximate surface area is 659 Å². The van der Waals surface area contributed by atoms with Gasteiger partial charge >= 0.3 is 0 Å². The fraction of sp³-hybridized carbons (Fsp3) is 0.0588. The van der Waals surface area contributed by atoms with Crippen molar-refractivity contribution in [2.45, 2.75) is 41.5 Å². The third-order valence-corrected chi connectivity index (χ3v) is 23.6. The quantitative estimate of drug-likeness (QED) is 0.114.